The minimum Gasteiger partial charge on any atom is -0.353 e. The van der Waals surface area contributed by atoms with Crippen molar-refractivity contribution in [3.63, 3.8) is 0 Å². The number of aromatic nitrogens is 1. The summed E-state index contributed by atoms with van der Waals surface area (Å²) in [5.74, 6) is -0.383. The number of hydrogen-bond donors (Lipinski definition) is 2. The molecule has 0 aromatic carbocycles. The molecule has 24 heavy (non-hydrogen) atoms. The van der Waals surface area contributed by atoms with Crippen LogP contribution in [-0.4, -0.2) is 49.3 Å². The molecule has 0 aliphatic carbocycles. The monoisotopic (exact) mass is 400 g/mol. The van der Waals surface area contributed by atoms with Gasteiger partial charge in [-0.2, -0.15) is 4.31 Å². The molecule has 0 saturated heterocycles. The van der Waals surface area contributed by atoms with Crippen molar-refractivity contribution >= 4 is 40.7 Å². The van der Waals surface area contributed by atoms with Crippen molar-refractivity contribution in [2.45, 2.75) is 37.1 Å². The number of rotatable bonds is 8. The Hall–Kier alpha value is -0.930. The number of nitrogens with zero attached hydrogens (tertiary/aromatic N) is 2. The maximum Gasteiger partial charge on any atom is 0.244 e. The molecule has 0 radical (unpaired) electrons. The Morgan fingerprint density at radius 1 is 1.33 bits per heavy atom. The van der Waals surface area contributed by atoms with Gasteiger partial charge in [-0.1, -0.05) is 13.8 Å². The van der Waals surface area contributed by atoms with E-state index in [1.807, 2.05) is 13.8 Å². The van der Waals surface area contributed by atoms with Crippen LogP contribution in [0.3, 0.4) is 0 Å². The molecule has 1 amide bonds. The molecule has 10 heteroatoms. The molecule has 7 nitrogen and oxygen atoms in total. The second kappa shape index (κ2) is 10.8. The van der Waals surface area contributed by atoms with Crippen LogP contribution in [-0.2, 0) is 14.8 Å². The molecular weight excluding hydrogens is 375 g/mol. The van der Waals surface area contributed by atoms with Crippen LogP contribution in [0.15, 0.2) is 29.4 Å². The number of carbonyl (C=O) groups is 1. The summed E-state index contributed by atoms with van der Waals surface area (Å²) in [6.45, 7) is 3.96. The van der Waals surface area contributed by atoms with E-state index < -0.39 is 15.6 Å². The minimum atomic E-state index is -3.72. The molecular formula is C14H26Cl2N4O3S. The summed E-state index contributed by atoms with van der Waals surface area (Å²) in [4.78, 5) is 15.8. The van der Waals surface area contributed by atoms with Crippen molar-refractivity contribution in [2.24, 2.45) is 5.73 Å². The SMILES string of the molecule is CCC(N)(CC)CNC(=O)CN(C)S(=O)(=O)c1cccnc1.Cl.Cl. The van der Waals surface area contributed by atoms with Gasteiger partial charge in [-0.25, -0.2) is 8.42 Å². The first-order chi connectivity index (χ1) is 10.2. The van der Waals surface area contributed by atoms with Gasteiger partial charge in [0.25, 0.3) is 0 Å². The predicted octanol–water partition coefficient (Wildman–Crippen LogP) is 1.18. The molecule has 3 N–H and O–H groups in total. The highest BCUT2D eigenvalue weighted by atomic mass is 35.5. The summed E-state index contributed by atoms with van der Waals surface area (Å²) < 4.78 is 25.5. The number of amides is 1. The lowest BCUT2D eigenvalue weighted by Crippen LogP contribution is -2.51. The van der Waals surface area contributed by atoms with Gasteiger partial charge in [0.2, 0.25) is 15.9 Å². The van der Waals surface area contributed by atoms with Crippen LogP contribution in [0.5, 0.6) is 0 Å². The molecule has 0 aliphatic heterocycles. The van der Waals surface area contributed by atoms with Crippen molar-refractivity contribution in [1.82, 2.24) is 14.6 Å². The standard InChI is InChI=1S/C14H24N4O3S.2ClH/c1-4-14(15,5-2)11-17-13(19)10-18(3)22(20,21)12-7-6-8-16-9-12;;/h6-9H,4-5,10-11,15H2,1-3H3,(H,17,19);2*1H. The first kappa shape index (κ1) is 25.3. The highest BCUT2D eigenvalue weighted by Gasteiger charge is 2.25. The number of hydrogen-bond acceptors (Lipinski definition) is 5. The van der Waals surface area contributed by atoms with Gasteiger partial charge in [0.05, 0.1) is 6.54 Å². The van der Waals surface area contributed by atoms with Gasteiger partial charge in [-0.05, 0) is 25.0 Å². The van der Waals surface area contributed by atoms with Gasteiger partial charge in [0.15, 0.2) is 0 Å². The molecule has 0 saturated carbocycles. The highest BCUT2D eigenvalue weighted by Crippen LogP contribution is 2.12. The van der Waals surface area contributed by atoms with Gasteiger partial charge in [-0.3, -0.25) is 9.78 Å². The smallest absolute Gasteiger partial charge is 0.244 e. The average molecular weight is 401 g/mol. The topological polar surface area (TPSA) is 105 Å². The lowest BCUT2D eigenvalue weighted by atomic mass is 9.94. The summed E-state index contributed by atoms with van der Waals surface area (Å²) in [7, 11) is -2.36. The number of halogens is 2. The van der Waals surface area contributed by atoms with Crippen molar-refractivity contribution in [1.29, 1.82) is 0 Å². The van der Waals surface area contributed by atoms with Gasteiger partial charge < -0.3 is 11.1 Å². The molecule has 0 unspecified atom stereocenters. The van der Waals surface area contributed by atoms with Crippen LogP contribution in [0, 0.1) is 0 Å². The molecule has 1 aromatic heterocycles. The molecule has 0 atom stereocenters. The summed E-state index contributed by atoms with van der Waals surface area (Å²) in [5.41, 5.74) is 5.64. The Morgan fingerprint density at radius 3 is 2.38 bits per heavy atom. The van der Waals surface area contributed by atoms with E-state index in [0.29, 0.717) is 6.54 Å². The third-order valence-corrected chi connectivity index (χ3v) is 5.54. The fourth-order valence-electron chi connectivity index (χ4n) is 1.80. The molecule has 1 rings (SSSR count). The van der Waals surface area contributed by atoms with Gasteiger partial charge in [0.1, 0.15) is 4.90 Å². The van der Waals surface area contributed by atoms with Crippen LogP contribution in [0.1, 0.15) is 26.7 Å². The summed E-state index contributed by atoms with van der Waals surface area (Å²) >= 11 is 0. The molecule has 1 aromatic rings. The van der Waals surface area contributed by atoms with Gasteiger partial charge in [0, 0.05) is 31.5 Å². The maximum absolute atomic E-state index is 12.3. The largest absolute Gasteiger partial charge is 0.353 e. The first-order valence-electron chi connectivity index (χ1n) is 7.17. The highest BCUT2D eigenvalue weighted by molar-refractivity contribution is 7.89. The zero-order valence-electron chi connectivity index (χ0n) is 14.1. The van der Waals surface area contributed by atoms with E-state index in [2.05, 4.69) is 10.3 Å². The number of likely N-dealkylation sites (N-methyl/N-ethyl adjacent to an activating group) is 1. The minimum absolute atomic E-state index is 0. The van der Waals surface area contributed by atoms with Crippen LogP contribution in [0.2, 0.25) is 0 Å². The Kier molecular flexibility index (Phi) is 11.4. The van der Waals surface area contributed by atoms with E-state index in [1.165, 1.54) is 31.6 Å². The van der Waals surface area contributed by atoms with Crippen LogP contribution in [0.4, 0.5) is 0 Å². The Balaban J connectivity index is 0. The average Bonchev–Trinajstić information content (AvgIpc) is 2.53. The Morgan fingerprint density at radius 2 is 1.92 bits per heavy atom. The number of sulfonamides is 1. The van der Waals surface area contributed by atoms with Crippen molar-refractivity contribution in [3.05, 3.63) is 24.5 Å². The number of nitrogens with one attached hydrogen (secondary N) is 1. The fourth-order valence-corrected chi connectivity index (χ4v) is 2.89. The zero-order chi connectivity index (χ0) is 16.8. The zero-order valence-corrected chi connectivity index (χ0v) is 16.5. The number of pyridine rings is 1. The molecule has 140 valence electrons. The van der Waals surface area contributed by atoms with E-state index in [-0.39, 0.29) is 42.2 Å². The molecule has 0 aliphatic rings. The van der Waals surface area contributed by atoms with E-state index in [0.717, 1.165) is 17.1 Å². The van der Waals surface area contributed by atoms with Gasteiger partial charge >= 0.3 is 0 Å². The molecule has 0 bridgehead atoms. The van der Waals surface area contributed by atoms with E-state index in [1.54, 1.807) is 0 Å². The van der Waals surface area contributed by atoms with Crippen molar-refractivity contribution in [3.8, 4) is 0 Å². The van der Waals surface area contributed by atoms with Gasteiger partial charge in [-0.15, -0.1) is 24.8 Å². The molecule has 1 heterocycles. The van der Waals surface area contributed by atoms with Crippen molar-refractivity contribution in [2.75, 3.05) is 20.1 Å². The van der Waals surface area contributed by atoms with Crippen LogP contribution in [0.25, 0.3) is 0 Å². The third kappa shape index (κ3) is 6.90. The second-order valence-electron chi connectivity index (χ2n) is 5.30. The predicted molar refractivity (Wildman–Crippen MR) is 99.1 cm³/mol. The second-order valence-corrected chi connectivity index (χ2v) is 7.34. The maximum atomic E-state index is 12.3. The summed E-state index contributed by atoms with van der Waals surface area (Å²) in [6.07, 6.45) is 4.20. The Labute approximate surface area is 156 Å². The molecule has 0 fully saturated rings. The Bertz CT molecular complexity index is 595. The van der Waals surface area contributed by atoms with E-state index in [4.69, 9.17) is 5.73 Å². The molecule has 0 spiro atoms. The van der Waals surface area contributed by atoms with Crippen LogP contribution >= 0.6 is 24.8 Å². The lowest BCUT2D eigenvalue weighted by Gasteiger charge is -2.27. The normalized spacial score (nSPS) is 11.4. The number of nitrogens with two attached hydrogens (primary N) is 1. The summed E-state index contributed by atoms with van der Waals surface area (Å²) in [5, 5.41) is 2.69. The lowest BCUT2D eigenvalue weighted by molar-refractivity contribution is -0.121. The quantitative estimate of drug-likeness (QED) is 0.681. The first-order valence-corrected chi connectivity index (χ1v) is 8.61. The van der Waals surface area contributed by atoms with Crippen molar-refractivity contribution < 1.29 is 13.2 Å². The summed E-state index contributed by atoms with van der Waals surface area (Å²) in [6, 6.07) is 2.97. The third-order valence-electron chi connectivity index (χ3n) is 3.75. The number of carbonyl (C=O) groups excluding carboxylic acids is 1. The van der Waals surface area contributed by atoms with E-state index >= 15 is 0 Å². The fraction of sp³-hybridized carbons (Fsp3) is 0.571. The van der Waals surface area contributed by atoms with Crippen LogP contribution < -0.4 is 11.1 Å². The van der Waals surface area contributed by atoms with E-state index in [9.17, 15) is 13.2 Å².